The lowest BCUT2D eigenvalue weighted by molar-refractivity contribution is -0.137. The number of carboxylic acid groups (broad SMARTS) is 1. The molecule has 0 saturated heterocycles. The molecule has 2 atom stereocenters. The van der Waals surface area contributed by atoms with Crippen molar-refractivity contribution in [3.05, 3.63) is 6.20 Å². The van der Waals surface area contributed by atoms with Crippen LogP contribution in [0.3, 0.4) is 0 Å². The van der Waals surface area contributed by atoms with Crippen LogP contribution in [0.4, 0.5) is 5.95 Å². The summed E-state index contributed by atoms with van der Waals surface area (Å²) in [6, 6.07) is 0.600. The number of nitrogens with zero attached hydrogens (tertiary/aromatic N) is 5. The number of fused-ring (bicyclic) bond motifs is 1. The number of hydrogen-bond acceptors (Lipinski definition) is 6. The summed E-state index contributed by atoms with van der Waals surface area (Å²) in [4.78, 5) is 15.3. The summed E-state index contributed by atoms with van der Waals surface area (Å²) in [6.07, 6.45) is 5.57. The van der Waals surface area contributed by atoms with E-state index >= 15 is 0 Å². The Labute approximate surface area is 127 Å². The van der Waals surface area contributed by atoms with Crippen molar-refractivity contribution in [1.82, 2.24) is 30.2 Å². The molecule has 3 heterocycles. The minimum absolute atomic E-state index is 0.198. The molecule has 0 amide bonds. The number of H-pyrrole nitrogens is 1. The molecule has 3 N–H and O–H groups in total. The fourth-order valence-electron chi connectivity index (χ4n) is 2.86. The number of aromatic amines is 1. The van der Waals surface area contributed by atoms with Gasteiger partial charge in [0, 0.05) is 24.7 Å². The number of imidazole rings is 1. The Morgan fingerprint density at radius 2 is 2.41 bits per heavy atom. The van der Waals surface area contributed by atoms with E-state index in [1.165, 1.54) is 0 Å². The smallest absolute Gasteiger partial charge is 0.303 e. The first-order chi connectivity index (χ1) is 10.7. The van der Waals surface area contributed by atoms with Gasteiger partial charge in [-0.05, 0) is 36.1 Å². The zero-order valence-electron chi connectivity index (χ0n) is 12.4. The molecule has 1 aliphatic heterocycles. The average Bonchev–Trinajstić information content (AvgIpc) is 3.15. The van der Waals surface area contributed by atoms with Crippen LogP contribution in [0.15, 0.2) is 6.20 Å². The first-order valence-electron chi connectivity index (χ1n) is 7.48. The van der Waals surface area contributed by atoms with Gasteiger partial charge in [0.2, 0.25) is 5.95 Å². The molecule has 22 heavy (non-hydrogen) atoms. The van der Waals surface area contributed by atoms with Gasteiger partial charge in [-0.15, -0.1) is 5.10 Å². The lowest BCUT2D eigenvalue weighted by Crippen LogP contribution is -2.31. The van der Waals surface area contributed by atoms with Crippen LogP contribution in [0.1, 0.15) is 45.1 Å². The standard InChI is InChI=1S/C13H19N7O2/c1-2-8-6-9(4-3-5-11(21)22)20-7-10(15-13(20)14-8)12-16-18-19-17-12/h7-9H,2-6H2,1H3,(H,14,15)(H,21,22)(H,16,17,18,19). The van der Waals surface area contributed by atoms with E-state index in [-0.39, 0.29) is 12.5 Å². The van der Waals surface area contributed by atoms with Crippen LogP contribution in [-0.4, -0.2) is 47.3 Å². The van der Waals surface area contributed by atoms with Crippen molar-refractivity contribution in [2.24, 2.45) is 0 Å². The molecule has 0 aromatic carbocycles. The van der Waals surface area contributed by atoms with Crippen molar-refractivity contribution < 1.29 is 9.90 Å². The van der Waals surface area contributed by atoms with Crippen molar-refractivity contribution in [3.63, 3.8) is 0 Å². The molecule has 0 aliphatic carbocycles. The average molecular weight is 305 g/mol. The highest BCUT2D eigenvalue weighted by Gasteiger charge is 2.27. The van der Waals surface area contributed by atoms with Gasteiger partial charge >= 0.3 is 5.97 Å². The maximum Gasteiger partial charge on any atom is 0.303 e. The van der Waals surface area contributed by atoms with Crippen LogP contribution in [-0.2, 0) is 4.79 Å². The third-order valence-electron chi connectivity index (χ3n) is 4.02. The van der Waals surface area contributed by atoms with Crippen molar-refractivity contribution in [2.45, 2.75) is 51.1 Å². The Morgan fingerprint density at radius 3 is 3.09 bits per heavy atom. The van der Waals surface area contributed by atoms with Crippen molar-refractivity contribution in [3.8, 4) is 11.5 Å². The van der Waals surface area contributed by atoms with Gasteiger partial charge < -0.3 is 15.0 Å². The summed E-state index contributed by atoms with van der Waals surface area (Å²) in [7, 11) is 0. The third kappa shape index (κ3) is 2.92. The topological polar surface area (TPSA) is 122 Å². The van der Waals surface area contributed by atoms with Gasteiger partial charge in [0.1, 0.15) is 5.69 Å². The van der Waals surface area contributed by atoms with Crippen LogP contribution in [0.2, 0.25) is 0 Å². The molecule has 118 valence electrons. The molecule has 2 aromatic heterocycles. The van der Waals surface area contributed by atoms with E-state index in [2.05, 4.69) is 42.4 Å². The van der Waals surface area contributed by atoms with Crippen LogP contribution in [0.5, 0.6) is 0 Å². The first kappa shape index (κ1) is 14.5. The fraction of sp³-hybridized carbons (Fsp3) is 0.615. The summed E-state index contributed by atoms with van der Waals surface area (Å²) in [5.74, 6) is 0.575. The van der Waals surface area contributed by atoms with Gasteiger partial charge in [-0.2, -0.15) is 0 Å². The maximum atomic E-state index is 10.7. The lowest BCUT2D eigenvalue weighted by Gasteiger charge is -2.32. The Hall–Kier alpha value is -2.45. The number of anilines is 1. The zero-order valence-corrected chi connectivity index (χ0v) is 12.4. The van der Waals surface area contributed by atoms with E-state index in [9.17, 15) is 4.79 Å². The molecule has 1 aliphatic rings. The molecule has 9 heteroatoms. The van der Waals surface area contributed by atoms with E-state index in [1.807, 2.05) is 6.20 Å². The highest BCUT2D eigenvalue weighted by atomic mass is 16.4. The number of hydrogen-bond donors (Lipinski definition) is 3. The zero-order chi connectivity index (χ0) is 15.5. The predicted molar refractivity (Wildman–Crippen MR) is 78.2 cm³/mol. The maximum absolute atomic E-state index is 10.7. The number of carbonyl (C=O) groups is 1. The second kappa shape index (κ2) is 6.12. The second-order valence-corrected chi connectivity index (χ2v) is 5.53. The van der Waals surface area contributed by atoms with Gasteiger partial charge in [-0.25, -0.2) is 10.1 Å². The van der Waals surface area contributed by atoms with Gasteiger partial charge in [-0.3, -0.25) is 4.79 Å². The normalized spacial score (nSPS) is 20.4. The Balaban J connectivity index is 1.81. The molecule has 2 unspecified atom stereocenters. The fourth-order valence-corrected chi connectivity index (χ4v) is 2.86. The molecule has 0 spiro atoms. The van der Waals surface area contributed by atoms with Crippen molar-refractivity contribution in [2.75, 3.05) is 5.32 Å². The monoisotopic (exact) mass is 305 g/mol. The van der Waals surface area contributed by atoms with Crippen LogP contribution >= 0.6 is 0 Å². The molecule has 9 nitrogen and oxygen atoms in total. The summed E-state index contributed by atoms with van der Waals surface area (Å²) in [5, 5.41) is 25.9. The Kier molecular flexibility index (Phi) is 4.03. The van der Waals surface area contributed by atoms with Crippen molar-refractivity contribution >= 4 is 11.9 Å². The largest absolute Gasteiger partial charge is 0.481 e. The summed E-state index contributed by atoms with van der Waals surface area (Å²) in [6.45, 7) is 2.13. The number of aromatic nitrogens is 6. The molecule has 0 bridgehead atoms. The minimum Gasteiger partial charge on any atom is -0.481 e. The number of rotatable bonds is 6. The SMILES string of the molecule is CCC1CC(CCCC(=O)O)n2cc(-c3nnn[nH]3)nc2N1. The van der Waals surface area contributed by atoms with Crippen LogP contribution in [0, 0.1) is 0 Å². The molecule has 0 radical (unpaired) electrons. The quantitative estimate of drug-likeness (QED) is 0.738. The van der Waals surface area contributed by atoms with Gasteiger partial charge in [0.15, 0.2) is 5.82 Å². The molecular formula is C13H19N7O2. The van der Waals surface area contributed by atoms with E-state index in [0.717, 1.165) is 25.2 Å². The van der Waals surface area contributed by atoms with Crippen LogP contribution < -0.4 is 5.32 Å². The summed E-state index contributed by atoms with van der Waals surface area (Å²) >= 11 is 0. The molecule has 0 saturated carbocycles. The third-order valence-corrected chi connectivity index (χ3v) is 4.02. The van der Waals surface area contributed by atoms with E-state index in [1.54, 1.807) is 0 Å². The first-order valence-corrected chi connectivity index (χ1v) is 7.48. The predicted octanol–water partition coefficient (Wildman–Crippen LogP) is 1.45. The molecule has 2 aromatic rings. The van der Waals surface area contributed by atoms with Crippen LogP contribution in [0.25, 0.3) is 11.5 Å². The summed E-state index contributed by atoms with van der Waals surface area (Å²) < 4.78 is 2.08. The number of nitrogens with one attached hydrogen (secondary N) is 2. The highest BCUT2D eigenvalue weighted by molar-refractivity contribution is 5.66. The number of tetrazole rings is 1. The van der Waals surface area contributed by atoms with Crippen molar-refractivity contribution in [1.29, 1.82) is 0 Å². The van der Waals surface area contributed by atoms with E-state index in [0.29, 0.717) is 24.0 Å². The van der Waals surface area contributed by atoms with Gasteiger partial charge in [0.25, 0.3) is 0 Å². The highest BCUT2D eigenvalue weighted by Crippen LogP contribution is 2.33. The minimum atomic E-state index is -0.750. The second-order valence-electron chi connectivity index (χ2n) is 5.53. The number of carboxylic acids is 1. The molecule has 3 rings (SSSR count). The summed E-state index contributed by atoms with van der Waals surface area (Å²) in [5.41, 5.74) is 0.687. The molecule has 0 fully saturated rings. The van der Waals surface area contributed by atoms with E-state index in [4.69, 9.17) is 5.11 Å². The Bertz CT molecular complexity index is 637. The van der Waals surface area contributed by atoms with Gasteiger partial charge in [0.05, 0.1) is 0 Å². The number of aliphatic carboxylic acids is 1. The Morgan fingerprint density at radius 1 is 1.55 bits per heavy atom. The van der Waals surface area contributed by atoms with E-state index < -0.39 is 5.97 Å². The molecular weight excluding hydrogens is 286 g/mol. The van der Waals surface area contributed by atoms with Gasteiger partial charge in [-0.1, -0.05) is 6.92 Å². The lowest BCUT2D eigenvalue weighted by atomic mass is 9.98.